The fourth-order valence-electron chi connectivity index (χ4n) is 3.14. The summed E-state index contributed by atoms with van der Waals surface area (Å²) >= 11 is 6.00. The molecule has 3 rings (SSSR count). The number of hydrogen-bond acceptors (Lipinski definition) is 3. The first-order chi connectivity index (χ1) is 10.3. The van der Waals surface area contributed by atoms with Crippen molar-refractivity contribution in [3.63, 3.8) is 0 Å². The number of carbonyl (C=O) groups is 1. The normalized spacial score (nSPS) is 25.6. The number of pyridine rings is 1. The second kappa shape index (κ2) is 5.30. The summed E-state index contributed by atoms with van der Waals surface area (Å²) < 4.78 is 38.1. The predicted molar refractivity (Wildman–Crippen MR) is 75.8 cm³/mol. The molecule has 0 aromatic carbocycles. The van der Waals surface area contributed by atoms with Gasteiger partial charge in [-0.05, 0) is 25.8 Å². The van der Waals surface area contributed by atoms with Crippen molar-refractivity contribution in [2.45, 2.75) is 38.0 Å². The van der Waals surface area contributed by atoms with E-state index >= 15 is 0 Å². The standard InChI is InChI=1S/C14H15ClF3N3O/c1-8-13(22)20-4-2-3-10(20)7-21(8)12-11(15)5-9(6-19-12)14(16,17)18/h5-6,8,10H,2-4,7H2,1H3/t8-,10+/m0/s1. The molecule has 2 aliphatic rings. The number of alkyl halides is 3. The fourth-order valence-corrected chi connectivity index (χ4v) is 3.42. The molecule has 0 aliphatic carbocycles. The number of rotatable bonds is 1. The van der Waals surface area contributed by atoms with E-state index in [9.17, 15) is 18.0 Å². The Morgan fingerprint density at radius 2 is 2.09 bits per heavy atom. The predicted octanol–water partition coefficient (Wildman–Crippen LogP) is 2.95. The van der Waals surface area contributed by atoms with E-state index < -0.39 is 17.8 Å². The molecule has 8 heteroatoms. The monoisotopic (exact) mass is 333 g/mol. The molecular weight excluding hydrogens is 319 g/mol. The highest BCUT2D eigenvalue weighted by atomic mass is 35.5. The van der Waals surface area contributed by atoms with E-state index in [4.69, 9.17) is 11.6 Å². The average Bonchev–Trinajstić information content (AvgIpc) is 2.90. The number of fused-ring (bicyclic) bond motifs is 1. The first kappa shape index (κ1) is 15.4. The highest BCUT2D eigenvalue weighted by Gasteiger charge is 2.41. The summed E-state index contributed by atoms with van der Waals surface area (Å²) in [6.45, 7) is 3.02. The summed E-state index contributed by atoms with van der Waals surface area (Å²) in [6.07, 6.45) is -1.88. The van der Waals surface area contributed by atoms with Gasteiger partial charge in [0.05, 0.1) is 10.6 Å². The van der Waals surface area contributed by atoms with Crippen LogP contribution in [0.25, 0.3) is 0 Å². The molecule has 0 radical (unpaired) electrons. The van der Waals surface area contributed by atoms with Crippen molar-refractivity contribution >= 4 is 23.3 Å². The summed E-state index contributed by atoms with van der Waals surface area (Å²) in [5.41, 5.74) is -0.889. The molecule has 2 saturated heterocycles. The van der Waals surface area contributed by atoms with Crippen LogP contribution < -0.4 is 4.90 Å². The van der Waals surface area contributed by atoms with Crippen molar-refractivity contribution in [3.8, 4) is 0 Å². The van der Waals surface area contributed by atoms with Crippen molar-refractivity contribution in [1.82, 2.24) is 9.88 Å². The highest BCUT2D eigenvalue weighted by Crippen LogP contribution is 2.36. The maximum absolute atomic E-state index is 12.7. The minimum Gasteiger partial charge on any atom is -0.342 e. The Morgan fingerprint density at radius 3 is 2.73 bits per heavy atom. The Balaban J connectivity index is 1.92. The lowest BCUT2D eigenvalue weighted by Gasteiger charge is -2.42. The second-order valence-electron chi connectivity index (χ2n) is 5.68. The molecule has 4 nitrogen and oxygen atoms in total. The van der Waals surface area contributed by atoms with Gasteiger partial charge in [0.25, 0.3) is 0 Å². The molecule has 1 aromatic heterocycles. The van der Waals surface area contributed by atoms with Crippen LogP contribution >= 0.6 is 11.6 Å². The molecule has 0 spiro atoms. The summed E-state index contributed by atoms with van der Waals surface area (Å²) in [7, 11) is 0. The topological polar surface area (TPSA) is 36.4 Å². The van der Waals surface area contributed by atoms with Gasteiger partial charge in [-0.25, -0.2) is 4.98 Å². The van der Waals surface area contributed by atoms with E-state index in [1.165, 1.54) is 0 Å². The molecule has 120 valence electrons. The van der Waals surface area contributed by atoms with Crippen molar-refractivity contribution in [1.29, 1.82) is 0 Å². The summed E-state index contributed by atoms with van der Waals surface area (Å²) in [4.78, 5) is 19.8. The quantitative estimate of drug-likeness (QED) is 0.793. The van der Waals surface area contributed by atoms with Gasteiger partial charge in [0.15, 0.2) is 0 Å². The Bertz CT molecular complexity index is 607. The third-order valence-corrected chi connectivity index (χ3v) is 4.59. The number of nitrogens with zero attached hydrogens (tertiary/aromatic N) is 3. The first-order valence-corrected chi connectivity index (χ1v) is 7.46. The van der Waals surface area contributed by atoms with Crippen molar-refractivity contribution < 1.29 is 18.0 Å². The first-order valence-electron chi connectivity index (χ1n) is 7.09. The molecule has 1 amide bonds. The van der Waals surface area contributed by atoms with Gasteiger partial charge < -0.3 is 9.80 Å². The number of carbonyl (C=O) groups excluding carboxylic acids is 1. The summed E-state index contributed by atoms with van der Waals surface area (Å²) in [5, 5.41) is -0.0825. The van der Waals surface area contributed by atoms with Gasteiger partial charge >= 0.3 is 6.18 Å². The van der Waals surface area contributed by atoms with Gasteiger partial charge in [0.2, 0.25) is 5.91 Å². The largest absolute Gasteiger partial charge is 0.417 e. The van der Waals surface area contributed by atoms with E-state index in [2.05, 4.69) is 4.98 Å². The molecule has 2 aliphatic heterocycles. The Morgan fingerprint density at radius 1 is 1.36 bits per heavy atom. The highest BCUT2D eigenvalue weighted by molar-refractivity contribution is 6.33. The van der Waals surface area contributed by atoms with Crippen LogP contribution in [-0.2, 0) is 11.0 Å². The lowest BCUT2D eigenvalue weighted by Crippen LogP contribution is -2.59. The Labute approximate surface area is 130 Å². The van der Waals surface area contributed by atoms with Crippen molar-refractivity contribution in [2.24, 2.45) is 0 Å². The lowest BCUT2D eigenvalue weighted by molar-refractivity contribution is -0.138. The number of aromatic nitrogens is 1. The zero-order valence-electron chi connectivity index (χ0n) is 11.9. The SMILES string of the molecule is C[C@H]1C(=O)N2CCC[C@@H]2CN1c1ncc(C(F)(F)F)cc1Cl. The van der Waals surface area contributed by atoms with Crippen LogP contribution in [0.15, 0.2) is 12.3 Å². The molecule has 2 fully saturated rings. The van der Waals surface area contributed by atoms with Crippen LogP contribution in [0.4, 0.5) is 19.0 Å². The van der Waals surface area contributed by atoms with E-state index in [1.807, 2.05) is 4.90 Å². The van der Waals surface area contributed by atoms with Crippen LogP contribution in [0.3, 0.4) is 0 Å². The Hall–Kier alpha value is -1.50. The van der Waals surface area contributed by atoms with Crippen LogP contribution in [0.2, 0.25) is 5.02 Å². The number of amides is 1. The molecule has 0 N–H and O–H groups in total. The van der Waals surface area contributed by atoms with Gasteiger partial charge in [-0.1, -0.05) is 11.6 Å². The molecule has 3 heterocycles. The number of anilines is 1. The van der Waals surface area contributed by atoms with Gasteiger partial charge in [0.1, 0.15) is 11.9 Å². The average molecular weight is 334 g/mol. The lowest BCUT2D eigenvalue weighted by atomic mass is 10.1. The molecule has 0 saturated carbocycles. The molecular formula is C14H15ClF3N3O. The minimum absolute atomic E-state index is 0.0217. The minimum atomic E-state index is -4.49. The van der Waals surface area contributed by atoms with Gasteiger partial charge in [-0.15, -0.1) is 0 Å². The van der Waals surface area contributed by atoms with E-state index in [-0.39, 0.29) is 22.8 Å². The summed E-state index contributed by atoms with van der Waals surface area (Å²) in [6, 6.07) is 0.474. The third kappa shape index (κ3) is 2.51. The molecule has 0 unspecified atom stereocenters. The van der Waals surface area contributed by atoms with Crippen molar-refractivity contribution in [2.75, 3.05) is 18.0 Å². The van der Waals surface area contributed by atoms with Crippen LogP contribution in [-0.4, -0.2) is 41.0 Å². The van der Waals surface area contributed by atoms with E-state index in [0.29, 0.717) is 6.54 Å². The molecule has 0 bridgehead atoms. The number of hydrogen-bond donors (Lipinski definition) is 0. The molecule has 1 aromatic rings. The maximum atomic E-state index is 12.7. The van der Waals surface area contributed by atoms with Gasteiger partial charge in [0, 0.05) is 25.3 Å². The molecule has 2 atom stereocenters. The van der Waals surface area contributed by atoms with Gasteiger partial charge in [-0.2, -0.15) is 13.2 Å². The number of piperazine rings is 1. The number of halogens is 4. The molecule has 22 heavy (non-hydrogen) atoms. The zero-order chi connectivity index (χ0) is 16.1. The smallest absolute Gasteiger partial charge is 0.342 e. The van der Waals surface area contributed by atoms with E-state index in [1.54, 1.807) is 11.8 Å². The van der Waals surface area contributed by atoms with Crippen LogP contribution in [0.1, 0.15) is 25.3 Å². The maximum Gasteiger partial charge on any atom is 0.417 e. The van der Waals surface area contributed by atoms with E-state index in [0.717, 1.165) is 31.6 Å². The van der Waals surface area contributed by atoms with Crippen LogP contribution in [0, 0.1) is 0 Å². The van der Waals surface area contributed by atoms with Crippen LogP contribution in [0.5, 0.6) is 0 Å². The van der Waals surface area contributed by atoms with Gasteiger partial charge in [-0.3, -0.25) is 4.79 Å². The zero-order valence-corrected chi connectivity index (χ0v) is 12.7. The summed E-state index contributed by atoms with van der Waals surface area (Å²) in [5.74, 6) is 0.216. The fraction of sp³-hybridized carbons (Fsp3) is 0.571. The second-order valence-corrected chi connectivity index (χ2v) is 6.09. The van der Waals surface area contributed by atoms with Crippen molar-refractivity contribution in [3.05, 3.63) is 22.8 Å². The Kier molecular flexibility index (Phi) is 3.71. The third-order valence-electron chi connectivity index (χ3n) is 4.31.